The van der Waals surface area contributed by atoms with Gasteiger partial charge in [0.1, 0.15) is 5.75 Å². The van der Waals surface area contributed by atoms with Crippen molar-refractivity contribution in [1.82, 2.24) is 4.84 Å². The van der Waals surface area contributed by atoms with E-state index < -0.39 is 13.2 Å². The lowest BCUT2D eigenvalue weighted by Gasteiger charge is -2.13. The fourth-order valence-corrected chi connectivity index (χ4v) is 2.29. The van der Waals surface area contributed by atoms with E-state index in [1.165, 1.54) is 0 Å². The van der Waals surface area contributed by atoms with E-state index in [1.807, 2.05) is 6.07 Å². The van der Waals surface area contributed by atoms with Gasteiger partial charge in [0.25, 0.3) is 0 Å². The molecule has 0 radical (unpaired) electrons. The van der Waals surface area contributed by atoms with Gasteiger partial charge in [0.05, 0.1) is 25.4 Å². The normalized spacial score (nSPS) is 19.0. The van der Waals surface area contributed by atoms with Gasteiger partial charge >= 0.3 is 7.12 Å². The summed E-state index contributed by atoms with van der Waals surface area (Å²) in [5.41, 5.74) is 1.41. The lowest BCUT2D eigenvalue weighted by molar-refractivity contribution is 0.0755. The number of aliphatic hydroxyl groups is 2. The highest BCUT2D eigenvalue weighted by Gasteiger charge is 2.37. The number of benzene rings is 1. The topological polar surface area (TPSA) is 91.2 Å². The first-order valence-electron chi connectivity index (χ1n) is 6.39. The predicted octanol–water partition coefficient (Wildman–Crippen LogP) is -0.689. The van der Waals surface area contributed by atoms with Crippen LogP contribution in [-0.4, -0.2) is 48.2 Å². The summed E-state index contributed by atoms with van der Waals surface area (Å²) in [6.07, 6.45) is -0.825. The van der Waals surface area contributed by atoms with Crippen LogP contribution in [0, 0.1) is 0 Å². The van der Waals surface area contributed by atoms with Gasteiger partial charge in [0.2, 0.25) is 0 Å². The van der Waals surface area contributed by atoms with E-state index in [1.54, 1.807) is 12.1 Å². The molecule has 0 fully saturated rings. The summed E-state index contributed by atoms with van der Waals surface area (Å²) in [6.45, 7) is 0.313. The van der Waals surface area contributed by atoms with Crippen molar-refractivity contribution < 1.29 is 24.6 Å². The molecule has 1 heterocycles. The van der Waals surface area contributed by atoms with E-state index >= 15 is 0 Å². The van der Waals surface area contributed by atoms with Crippen LogP contribution in [0.15, 0.2) is 18.2 Å². The molecule has 1 aromatic rings. The summed E-state index contributed by atoms with van der Waals surface area (Å²) in [5, 5.41) is 28.0. The fourth-order valence-electron chi connectivity index (χ4n) is 2.15. The third kappa shape index (κ3) is 3.43. The molecule has 0 aromatic heterocycles. The molecule has 2 atom stereocenters. The third-order valence-corrected chi connectivity index (χ3v) is 3.32. The van der Waals surface area contributed by atoms with Gasteiger partial charge in [-0.05, 0) is 23.4 Å². The van der Waals surface area contributed by atoms with E-state index in [0.717, 1.165) is 5.56 Å². The van der Waals surface area contributed by atoms with Gasteiger partial charge in [-0.1, -0.05) is 12.1 Å². The average molecular weight is 302 g/mol. The van der Waals surface area contributed by atoms with Crippen molar-refractivity contribution in [2.24, 2.45) is 0 Å². The Morgan fingerprint density at radius 3 is 3.00 bits per heavy atom. The highest BCUT2D eigenvalue weighted by molar-refractivity contribution is 6.62. The van der Waals surface area contributed by atoms with Crippen LogP contribution in [0.4, 0.5) is 0 Å². The number of ether oxygens (including phenoxy) is 1. The quantitative estimate of drug-likeness (QED) is 0.394. The number of nitrogens with one attached hydrogen (secondary N) is 1. The maximum Gasteiger partial charge on any atom is 0.495 e. The Kier molecular flexibility index (Phi) is 5.65. The number of rotatable bonds is 7. The van der Waals surface area contributed by atoms with Crippen LogP contribution in [0.1, 0.15) is 18.1 Å². The standard InChI is InChI=1S/C12H17BClNO5/c14-15-6-11-9-2-1-3-10(12(9)13(18)20-11)19-5-4-8(17)7-16/h1-3,8,11,15-18H,4-7H2/t8-,11?/m0/s1. The van der Waals surface area contributed by atoms with Crippen LogP contribution in [0.3, 0.4) is 0 Å². The van der Waals surface area contributed by atoms with Crippen LogP contribution in [0.2, 0.25) is 0 Å². The van der Waals surface area contributed by atoms with Crippen LogP contribution in [0.25, 0.3) is 0 Å². The number of halogens is 1. The Balaban J connectivity index is 2.08. The van der Waals surface area contributed by atoms with Gasteiger partial charge in [-0.25, -0.2) is 4.84 Å². The molecular formula is C12H17BClNO5. The highest BCUT2D eigenvalue weighted by atomic mass is 35.5. The zero-order valence-electron chi connectivity index (χ0n) is 10.8. The Morgan fingerprint density at radius 2 is 2.30 bits per heavy atom. The first kappa shape index (κ1) is 15.6. The Morgan fingerprint density at radius 1 is 1.50 bits per heavy atom. The molecule has 110 valence electrons. The summed E-state index contributed by atoms with van der Waals surface area (Å²) in [5.74, 6) is 0.511. The largest absolute Gasteiger partial charge is 0.495 e. The van der Waals surface area contributed by atoms with Gasteiger partial charge in [0, 0.05) is 18.4 Å². The SMILES string of the molecule is OC[C@@H](O)CCOc1cccc2c1B(O)OC2CNCl. The number of fused-ring (bicyclic) bond motifs is 1. The molecule has 1 unspecified atom stereocenters. The molecular weight excluding hydrogens is 284 g/mol. The van der Waals surface area contributed by atoms with Crippen LogP contribution >= 0.6 is 11.8 Å². The second-order valence-electron chi connectivity index (χ2n) is 4.55. The monoisotopic (exact) mass is 301 g/mol. The zero-order chi connectivity index (χ0) is 14.5. The van der Waals surface area contributed by atoms with Gasteiger partial charge in [0.15, 0.2) is 0 Å². The zero-order valence-corrected chi connectivity index (χ0v) is 11.6. The van der Waals surface area contributed by atoms with Crippen LogP contribution < -0.4 is 15.0 Å². The van der Waals surface area contributed by atoms with E-state index in [9.17, 15) is 10.1 Å². The molecule has 1 aliphatic heterocycles. The van der Waals surface area contributed by atoms with E-state index in [4.69, 9.17) is 26.3 Å². The van der Waals surface area contributed by atoms with Gasteiger partial charge in [-0.3, -0.25) is 0 Å². The second-order valence-corrected chi connectivity index (χ2v) is 4.81. The molecule has 0 bridgehead atoms. The van der Waals surface area contributed by atoms with Crippen molar-refractivity contribution in [3.8, 4) is 5.75 Å². The number of aliphatic hydroxyl groups excluding tert-OH is 2. The van der Waals surface area contributed by atoms with Crippen molar-refractivity contribution in [3.63, 3.8) is 0 Å². The lowest BCUT2D eigenvalue weighted by Crippen LogP contribution is -2.30. The number of hydrogen-bond acceptors (Lipinski definition) is 6. The van der Waals surface area contributed by atoms with E-state index in [-0.39, 0.29) is 19.3 Å². The molecule has 0 aliphatic carbocycles. The first-order valence-corrected chi connectivity index (χ1v) is 6.76. The van der Waals surface area contributed by atoms with Gasteiger partial charge in [-0.15, -0.1) is 0 Å². The van der Waals surface area contributed by atoms with Crippen molar-refractivity contribution in [1.29, 1.82) is 0 Å². The molecule has 1 aromatic carbocycles. The van der Waals surface area contributed by atoms with Gasteiger partial charge < -0.3 is 24.6 Å². The summed E-state index contributed by atoms with van der Waals surface area (Å²) in [6, 6.07) is 5.38. The minimum Gasteiger partial charge on any atom is -0.494 e. The van der Waals surface area contributed by atoms with Crippen LogP contribution in [0.5, 0.6) is 5.75 Å². The predicted molar refractivity (Wildman–Crippen MR) is 74.9 cm³/mol. The Hall–Kier alpha value is -0.825. The molecule has 20 heavy (non-hydrogen) atoms. The minimum atomic E-state index is -1.06. The summed E-state index contributed by atoms with van der Waals surface area (Å²) >= 11 is 5.48. The maximum absolute atomic E-state index is 9.95. The summed E-state index contributed by atoms with van der Waals surface area (Å²) in [4.78, 5) is 2.49. The highest BCUT2D eigenvalue weighted by Crippen LogP contribution is 2.27. The number of hydrogen-bond donors (Lipinski definition) is 4. The van der Waals surface area contributed by atoms with Gasteiger partial charge in [-0.2, -0.15) is 0 Å². The third-order valence-electron chi connectivity index (χ3n) is 3.17. The van der Waals surface area contributed by atoms with Crippen molar-refractivity contribution in [2.45, 2.75) is 18.6 Å². The Labute approximate surface area is 122 Å². The molecule has 1 aliphatic rings. The minimum absolute atomic E-state index is 0.239. The van der Waals surface area contributed by atoms with Crippen molar-refractivity contribution in [2.75, 3.05) is 19.8 Å². The summed E-state index contributed by atoms with van der Waals surface area (Å²) < 4.78 is 11.0. The maximum atomic E-state index is 9.95. The molecule has 0 amide bonds. The average Bonchev–Trinajstić information content (AvgIpc) is 2.77. The molecule has 0 spiro atoms. The molecule has 0 saturated carbocycles. The second kappa shape index (κ2) is 7.26. The molecule has 8 heteroatoms. The van der Waals surface area contributed by atoms with Crippen molar-refractivity contribution >= 4 is 24.4 Å². The smallest absolute Gasteiger partial charge is 0.494 e. The van der Waals surface area contributed by atoms with Crippen LogP contribution in [-0.2, 0) is 4.65 Å². The molecule has 2 rings (SSSR count). The summed E-state index contributed by atoms with van der Waals surface area (Å²) in [7, 11) is -1.06. The van der Waals surface area contributed by atoms with Crippen molar-refractivity contribution in [3.05, 3.63) is 23.8 Å². The van der Waals surface area contributed by atoms with E-state index in [2.05, 4.69) is 4.84 Å². The molecule has 4 N–H and O–H groups in total. The molecule has 6 nitrogen and oxygen atoms in total. The molecule has 0 saturated heterocycles. The Bertz CT molecular complexity index is 450. The fraction of sp³-hybridized carbons (Fsp3) is 0.500. The first-order chi connectivity index (χ1) is 9.67. The lowest BCUT2D eigenvalue weighted by atomic mass is 9.78. The van der Waals surface area contributed by atoms with E-state index in [0.29, 0.717) is 24.2 Å².